The summed E-state index contributed by atoms with van der Waals surface area (Å²) in [6.45, 7) is 0. The predicted molar refractivity (Wildman–Crippen MR) is 62.2 cm³/mol. The second-order valence-electron chi connectivity index (χ2n) is 2.96. The fourth-order valence-corrected chi connectivity index (χ4v) is 2.13. The predicted octanol–water partition coefficient (Wildman–Crippen LogP) is 3.41. The number of carboxylic acid groups (broad SMARTS) is 1. The van der Waals surface area contributed by atoms with Crippen molar-refractivity contribution < 1.29 is 14.3 Å². The van der Waals surface area contributed by atoms with Gasteiger partial charge in [-0.1, -0.05) is 6.07 Å². The Morgan fingerprint density at radius 3 is 2.81 bits per heavy atom. The molecule has 0 aliphatic rings. The number of halogens is 2. The summed E-state index contributed by atoms with van der Waals surface area (Å²) >= 11 is 4.06. The number of thiazole rings is 1. The summed E-state index contributed by atoms with van der Waals surface area (Å²) in [4.78, 5) is 14.7. The average molecular weight is 302 g/mol. The van der Waals surface area contributed by atoms with Crippen molar-refractivity contribution in [1.29, 1.82) is 0 Å². The number of aromatic nitrogens is 1. The summed E-state index contributed by atoms with van der Waals surface area (Å²) in [5, 5.41) is 9.22. The molecule has 0 saturated carbocycles. The van der Waals surface area contributed by atoms with E-state index in [2.05, 4.69) is 20.9 Å². The van der Waals surface area contributed by atoms with Gasteiger partial charge in [0.2, 0.25) is 0 Å². The smallest absolute Gasteiger partial charge is 0.347 e. The zero-order valence-electron chi connectivity index (χ0n) is 7.78. The Morgan fingerprint density at radius 1 is 1.50 bits per heavy atom. The molecule has 16 heavy (non-hydrogen) atoms. The molecule has 82 valence electrons. The van der Waals surface area contributed by atoms with E-state index < -0.39 is 11.8 Å². The maximum Gasteiger partial charge on any atom is 0.347 e. The van der Waals surface area contributed by atoms with E-state index in [1.54, 1.807) is 12.1 Å². The number of carboxylic acids is 1. The van der Waals surface area contributed by atoms with Gasteiger partial charge in [-0.05, 0) is 28.1 Å². The molecule has 1 aromatic carbocycles. The largest absolute Gasteiger partial charge is 0.477 e. The van der Waals surface area contributed by atoms with E-state index in [0.29, 0.717) is 15.0 Å². The fourth-order valence-electron chi connectivity index (χ4n) is 1.14. The third-order valence-electron chi connectivity index (χ3n) is 1.88. The van der Waals surface area contributed by atoms with Crippen molar-refractivity contribution in [2.45, 2.75) is 0 Å². The fraction of sp³-hybridized carbons (Fsp3) is 0. The lowest BCUT2D eigenvalue weighted by molar-refractivity contribution is 0.0702. The van der Waals surface area contributed by atoms with Crippen molar-refractivity contribution in [2.24, 2.45) is 0 Å². The highest BCUT2D eigenvalue weighted by Crippen LogP contribution is 2.28. The van der Waals surface area contributed by atoms with Crippen molar-refractivity contribution in [3.8, 4) is 10.6 Å². The number of rotatable bonds is 2. The van der Waals surface area contributed by atoms with E-state index in [9.17, 15) is 9.18 Å². The third kappa shape index (κ3) is 2.12. The first kappa shape index (κ1) is 11.2. The highest BCUT2D eigenvalue weighted by molar-refractivity contribution is 9.10. The lowest BCUT2D eigenvalue weighted by Crippen LogP contribution is -1.89. The molecule has 0 radical (unpaired) electrons. The Bertz CT molecular complexity index is 556. The Labute approximate surface area is 103 Å². The van der Waals surface area contributed by atoms with Gasteiger partial charge in [-0.15, -0.1) is 11.3 Å². The van der Waals surface area contributed by atoms with Crippen LogP contribution in [0.15, 0.2) is 28.9 Å². The molecule has 1 heterocycles. The molecule has 2 rings (SSSR count). The number of hydrogen-bond acceptors (Lipinski definition) is 3. The highest BCUT2D eigenvalue weighted by Gasteiger charge is 2.11. The van der Waals surface area contributed by atoms with Crippen LogP contribution in [-0.2, 0) is 0 Å². The average Bonchev–Trinajstić information content (AvgIpc) is 2.71. The third-order valence-corrected chi connectivity index (χ3v) is 3.56. The summed E-state index contributed by atoms with van der Waals surface area (Å²) in [7, 11) is 0. The van der Waals surface area contributed by atoms with Crippen LogP contribution in [-0.4, -0.2) is 16.1 Å². The minimum Gasteiger partial charge on any atom is -0.477 e. The van der Waals surface area contributed by atoms with Crippen LogP contribution in [0.4, 0.5) is 4.39 Å². The molecule has 0 fully saturated rings. The van der Waals surface area contributed by atoms with Crippen LogP contribution in [0.5, 0.6) is 0 Å². The number of benzene rings is 1. The van der Waals surface area contributed by atoms with E-state index in [-0.39, 0.29) is 4.88 Å². The van der Waals surface area contributed by atoms with Gasteiger partial charge < -0.3 is 5.11 Å². The van der Waals surface area contributed by atoms with Gasteiger partial charge in [-0.3, -0.25) is 0 Å². The zero-order chi connectivity index (χ0) is 11.7. The molecule has 1 aromatic heterocycles. The van der Waals surface area contributed by atoms with Gasteiger partial charge in [-0.25, -0.2) is 14.2 Å². The second kappa shape index (κ2) is 4.31. The molecule has 0 aliphatic carbocycles. The first-order valence-electron chi connectivity index (χ1n) is 4.22. The minimum absolute atomic E-state index is 0.137. The summed E-state index contributed by atoms with van der Waals surface area (Å²) in [6.07, 6.45) is 1.27. The van der Waals surface area contributed by atoms with Crippen molar-refractivity contribution in [2.75, 3.05) is 0 Å². The molecule has 0 spiro atoms. The van der Waals surface area contributed by atoms with Gasteiger partial charge in [0.15, 0.2) is 0 Å². The van der Waals surface area contributed by atoms with Crippen LogP contribution in [0.2, 0.25) is 0 Å². The topological polar surface area (TPSA) is 50.2 Å². The molecule has 3 nitrogen and oxygen atoms in total. The quantitative estimate of drug-likeness (QED) is 0.925. The number of hydrogen-bond donors (Lipinski definition) is 1. The van der Waals surface area contributed by atoms with Crippen molar-refractivity contribution in [1.82, 2.24) is 4.98 Å². The maximum absolute atomic E-state index is 13.2. The Kier molecular flexibility index (Phi) is 3.02. The summed E-state index contributed by atoms with van der Waals surface area (Å²) in [5.74, 6) is -1.43. The number of nitrogens with zero attached hydrogens (tertiary/aromatic N) is 1. The van der Waals surface area contributed by atoms with Crippen molar-refractivity contribution >= 4 is 33.2 Å². The van der Waals surface area contributed by atoms with Crippen LogP contribution in [0.3, 0.4) is 0 Å². The summed E-state index contributed by atoms with van der Waals surface area (Å²) in [5.41, 5.74) is 0.568. The van der Waals surface area contributed by atoms with Crippen molar-refractivity contribution in [3.05, 3.63) is 39.6 Å². The zero-order valence-corrected chi connectivity index (χ0v) is 10.2. The standard InChI is InChI=1S/C10H5BrFNO2S/c11-6-2-1-5(3-7(6)12)9-13-4-8(16-9)10(14)15/h1-4H,(H,14,15). The van der Waals surface area contributed by atoms with E-state index >= 15 is 0 Å². The molecule has 0 saturated heterocycles. The monoisotopic (exact) mass is 301 g/mol. The SMILES string of the molecule is O=C(O)c1cnc(-c2ccc(Br)c(F)c2)s1. The molecular formula is C10H5BrFNO2S. The van der Waals surface area contributed by atoms with E-state index in [1.165, 1.54) is 12.3 Å². The van der Waals surface area contributed by atoms with Crippen LogP contribution >= 0.6 is 27.3 Å². The Morgan fingerprint density at radius 2 is 2.25 bits per heavy atom. The Balaban J connectivity index is 2.42. The van der Waals surface area contributed by atoms with Gasteiger partial charge in [0.05, 0.1) is 10.7 Å². The molecule has 0 amide bonds. The number of carbonyl (C=O) groups is 1. The van der Waals surface area contributed by atoms with Crippen LogP contribution < -0.4 is 0 Å². The van der Waals surface area contributed by atoms with Gasteiger partial charge in [0, 0.05) is 5.56 Å². The molecule has 0 unspecified atom stereocenters. The van der Waals surface area contributed by atoms with E-state index in [0.717, 1.165) is 11.3 Å². The first-order valence-corrected chi connectivity index (χ1v) is 5.83. The molecule has 1 N–H and O–H groups in total. The van der Waals surface area contributed by atoms with E-state index in [4.69, 9.17) is 5.11 Å². The van der Waals surface area contributed by atoms with Gasteiger partial charge >= 0.3 is 5.97 Å². The molecular weight excluding hydrogens is 297 g/mol. The molecule has 2 aromatic rings. The van der Waals surface area contributed by atoms with Crippen LogP contribution in [0.25, 0.3) is 10.6 Å². The molecule has 6 heteroatoms. The normalized spacial score (nSPS) is 10.4. The lowest BCUT2D eigenvalue weighted by Gasteiger charge is -1.97. The van der Waals surface area contributed by atoms with Crippen molar-refractivity contribution in [3.63, 3.8) is 0 Å². The molecule has 0 bridgehead atoms. The van der Waals surface area contributed by atoms with E-state index in [1.807, 2.05) is 0 Å². The van der Waals surface area contributed by atoms with Crippen LogP contribution in [0, 0.1) is 5.82 Å². The summed E-state index contributed by atoms with van der Waals surface area (Å²) < 4.78 is 13.6. The highest BCUT2D eigenvalue weighted by atomic mass is 79.9. The van der Waals surface area contributed by atoms with Gasteiger partial charge in [0.1, 0.15) is 15.7 Å². The second-order valence-corrected chi connectivity index (χ2v) is 4.85. The summed E-state index contributed by atoms with van der Waals surface area (Å²) in [6, 6.07) is 4.55. The van der Waals surface area contributed by atoms with Gasteiger partial charge in [0.25, 0.3) is 0 Å². The van der Waals surface area contributed by atoms with Gasteiger partial charge in [-0.2, -0.15) is 0 Å². The Hall–Kier alpha value is -1.27. The first-order chi connectivity index (χ1) is 7.58. The molecule has 0 aliphatic heterocycles. The maximum atomic E-state index is 13.2. The number of aromatic carboxylic acids is 1. The van der Waals surface area contributed by atoms with Crippen LogP contribution in [0.1, 0.15) is 9.67 Å². The minimum atomic E-state index is -1.03. The molecule has 0 atom stereocenters. The lowest BCUT2D eigenvalue weighted by atomic mass is 10.2.